The van der Waals surface area contributed by atoms with E-state index in [1.54, 1.807) is 50.8 Å². The van der Waals surface area contributed by atoms with Gasteiger partial charge in [-0.3, -0.25) is 9.69 Å². The van der Waals surface area contributed by atoms with Crippen LogP contribution in [0.15, 0.2) is 60.0 Å². The van der Waals surface area contributed by atoms with E-state index < -0.39 is 21.7 Å². The Balaban J connectivity index is 1.81. The molecule has 0 saturated carbocycles. The second-order valence-corrected chi connectivity index (χ2v) is 12.0. The van der Waals surface area contributed by atoms with Crippen molar-refractivity contribution >= 4 is 15.9 Å². The van der Waals surface area contributed by atoms with Gasteiger partial charge in [0.2, 0.25) is 15.9 Å². The highest BCUT2D eigenvalue weighted by molar-refractivity contribution is 7.89. The van der Waals surface area contributed by atoms with Crippen LogP contribution in [0.4, 0.5) is 4.39 Å². The minimum Gasteiger partial charge on any atom is -0.484 e. The Bertz CT molecular complexity index is 1190. The lowest BCUT2D eigenvalue weighted by Crippen LogP contribution is -2.54. The Hall–Kier alpha value is -2.75. The first-order chi connectivity index (χ1) is 16.8. The molecule has 1 N–H and O–H groups in total. The molecule has 1 fully saturated rings. The lowest BCUT2D eigenvalue weighted by Gasteiger charge is -2.40. The van der Waals surface area contributed by atoms with E-state index in [1.807, 2.05) is 13.0 Å². The van der Waals surface area contributed by atoms with Crippen LogP contribution in [0.1, 0.15) is 44.9 Å². The van der Waals surface area contributed by atoms with Crippen molar-refractivity contribution in [2.24, 2.45) is 0 Å². The maximum Gasteiger partial charge on any atom is 0.246 e. The average molecular weight is 518 g/mol. The molecule has 2 aromatic rings. The number of carbonyl (C=O) groups excluding carboxylic acids is 1. The van der Waals surface area contributed by atoms with Crippen molar-refractivity contribution in [2.75, 3.05) is 26.2 Å². The Morgan fingerprint density at radius 2 is 1.89 bits per heavy atom. The van der Waals surface area contributed by atoms with Gasteiger partial charge in [-0.2, -0.15) is 0 Å². The molecule has 3 rings (SSSR count). The molecule has 9 heteroatoms. The average Bonchev–Trinajstić information content (AvgIpc) is 2.79. The van der Waals surface area contributed by atoms with Crippen LogP contribution in [0.25, 0.3) is 0 Å². The fourth-order valence-corrected chi connectivity index (χ4v) is 5.64. The first-order valence-corrected chi connectivity index (χ1v) is 13.5. The van der Waals surface area contributed by atoms with Gasteiger partial charge in [-0.25, -0.2) is 17.5 Å². The molecular formula is C27H36FN3O4S. The van der Waals surface area contributed by atoms with Crippen molar-refractivity contribution in [3.05, 3.63) is 72.1 Å². The number of carbonyl (C=O) groups is 1. The van der Waals surface area contributed by atoms with Crippen LogP contribution in [0.5, 0.6) is 5.75 Å². The van der Waals surface area contributed by atoms with Gasteiger partial charge in [0.1, 0.15) is 17.7 Å². The minimum absolute atomic E-state index is 0.000500. The predicted molar refractivity (Wildman–Crippen MR) is 139 cm³/mol. The summed E-state index contributed by atoms with van der Waals surface area (Å²) in [6.07, 6.45) is 0.831. The highest BCUT2D eigenvalue weighted by atomic mass is 32.2. The number of ether oxygens (including phenoxy) is 1. The molecule has 0 radical (unpaired) electrons. The van der Waals surface area contributed by atoms with E-state index in [0.29, 0.717) is 43.1 Å². The van der Waals surface area contributed by atoms with Gasteiger partial charge < -0.3 is 9.64 Å². The lowest BCUT2D eigenvalue weighted by atomic mass is 10.0. The molecule has 2 aromatic carbocycles. The van der Waals surface area contributed by atoms with Gasteiger partial charge in [0.05, 0.1) is 4.90 Å². The van der Waals surface area contributed by atoms with Crippen LogP contribution in [-0.2, 0) is 14.8 Å². The van der Waals surface area contributed by atoms with Gasteiger partial charge in [0.25, 0.3) is 0 Å². The van der Waals surface area contributed by atoms with E-state index in [-0.39, 0.29) is 22.7 Å². The molecule has 1 aliphatic heterocycles. The number of amides is 1. The van der Waals surface area contributed by atoms with Gasteiger partial charge >= 0.3 is 0 Å². The largest absolute Gasteiger partial charge is 0.484 e. The van der Waals surface area contributed by atoms with E-state index in [4.69, 9.17) is 4.74 Å². The van der Waals surface area contributed by atoms with Gasteiger partial charge in [-0.1, -0.05) is 18.7 Å². The molecule has 36 heavy (non-hydrogen) atoms. The highest BCUT2D eigenvalue weighted by Crippen LogP contribution is 2.27. The van der Waals surface area contributed by atoms with Crippen LogP contribution in [0.2, 0.25) is 0 Å². The molecule has 196 valence electrons. The number of aryl methyl sites for hydroxylation is 1. The third-order valence-corrected chi connectivity index (χ3v) is 7.79. The van der Waals surface area contributed by atoms with Gasteiger partial charge in [-0.15, -0.1) is 0 Å². The van der Waals surface area contributed by atoms with E-state index in [0.717, 1.165) is 0 Å². The van der Waals surface area contributed by atoms with Crippen molar-refractivity contribution in [2.45, 2.75) is 57.2 Å². The van der Waals surface area contributed by atoms with Gasteiger partial charge in [-0.05, 0) is 82.2 Å². The summed E-state index contributed by atoms with van der Waals surface area (Å²) in [5.41, 5.74) is 0.622. The third kappa shape index (κ3) is 7.15. The normalized spacial score (nSPS) is 18.1. The van der Waals surface area contributed by atoms with E-state index >= 15 is 0 Å². The van der Waals surface area contributed by atoms with E-state index in [9.17, 15) is 17.6 Å². The summed E-state index contributed by atoms with van der Waals surface area (Å²) in [6.45, 7) is 14.9. The molecule has 1 saturated heterocycles. The van der Waals surface area contributed by atoms with Crippen LogP contribution in [0, 0.1) is 12.7 Å². The van der Waals surface area contributed by atoms with Crippen molar-refractivity contribution in [1.82, 2.24) is 14.5 Å². The number of rotatable bonds is 8. The zero-order valence-electron chi connectivity index (χ0n) is 21.6. The number of halogens is 1. The molecule has 0 spiro atoms. The summed E-state index contributed by atoms with van der Waals surface area (Å²) in [5.74, 6) is 0.0707. The number of hydrogen-bond acceptors (Lipinski definition) is 5. The Labute approximate surface area is 214 Å². The van der Waals surface area contributed by atoms with Crippen molar-refractivity contribution in [3.8, 4) is 5.75 Å². The summed E-state index contributed by atoms with van der Waals surface area (Å²) in [7, 11) is -3.67. The number of benzene rings is 2. The molecular weight excluding hydrogens is 481 g/mol. The van der Waals surface area contributed by atoms with E-state index in [2.05, 4.69) is 16.2 Å². The van der Waals surface area contributed by atoms with Crippen LogP contribution >= 0.6 is 0 Å². The number of sulfonamides is 1. The topological polar surface area (TPSA) is 79.0 Å². The molecule has 1 heterocycles. The number of hydrogen-bond donors (Lipinski definition) is 1. The molecule has 0 bridgehead atoms. The lowest BCUT2D eigenvalue weighted by molar-refractivity contribution is -0.130. The second-order valence-electron chi connectivity index (χ2n) is 10.3. The zero-order chi connectivity index (χ0) is 26.7. The first kappa shape index (κ1) is 27.8. The predicted octanol–water partition coefficient (Wildman–Crippen LogP) is 4.05. The Morgan fingerprint density at radius 3 is 2.44 bits per heavy atom. The second kappa shape index (κ2) is 11.1. The fourth-order valence-electron chi connectivity index (χ4n) is 4.22. The molecule has 7 nitrogen and oxygen atoms in total. The highest BCUT2D eigenvalue weighted by Gasteiger charge is 2.29. The molecule has 1 aliphatic rings. The maximum absolute atomic E-state index is 14.4. The quantitative estimate of drug-likeness (QED) is 0.535. The van der Waals surface area contributed by atoms with E-state index in [1.165, 1.54) is 24.3 Å². The third-order valence-electron chi connectivity index (χ3n) is 6.01. The zero-order valence-corrected chi connectivity index (χ0v) is 22.4. The van der Waals surface area contributed by atoms with Crippen LogP contribution < -0.4 is 9.46 Å². The molecule has 0 unspecified atom stereocenters. The summed E-state index contributed by atoms with van der Waals surface area (Å²) in [5, 5.41) is 0. The summed E-state index contributed by atoms with van der Waals surface area (Å²) in [6, 6.07) is 11.3. The van der Waals surface area contributed by atoms with Crippen LogP contribution in [-0.4, -0.2) is 61.9 Å². The maximum atomic E-state index is 14.4. The van der Waals surface area contributed by atoms with Gasteiger partial charge in [0, 0.05) is 37.8 Å². The summed E-state index contributed by atoms with van der Waals surface area (Å²) in [4.78, 5) is 16.2. The smallest absolute Gasteiger partial charge is 0.246 e. The number of piperazine rings is 1. The first-order valence-electron chi connectivity index (χ1n) is 12.0. The standard InChI is InChI=1S/C27H36FN3O4S/c1-7-26(32)31-15-14-30(17-20(31)3)18-25(21-9-8-19(2)24(28)16-21)35-22-10-12-23(13-11-22)36(33,34)29-27(4,5)6/h7-13,16,20,25,29H,1,14-15,17-18H2,2-6H3/t20-,25-/m1/s1. The number of nitrogens with one attached hydrogen (secondary N) is 1. The van der Waals surface area contributed by atoms with Crippen molar-refractivity contribution < 1.29 is 22.3 Å². The minimum atomic E-state index is -3.67. The summed E-state index contributed by atoms with van der Waals surface area (Å²) >= 11 is 0. The van der Waals surface area contributed by atoms with Crippen LogP contribution in [0.3, 0.4) is 0 Å². The summed E-state index contributed by atoms with van der Waals surface area (Å²) < 4.78 is 48.6. The van der Waals surface area contributed by atoms with Gasteiger partial charge in [0.15, 0.2) is 0 Å². The fraction of sp³-hybridized carbons (Fsp3) is 0.444. The monoisotopic (exact) mass is 517 g/mol. The number of nitrogens with zero attached hydrogens (tertiary/aromatic N) is 2. The molecule has 0 aromatic heterocycles. The molecule has 0 aliphatic carbocycles. The Kier molecular flexibility index (Phi) is 8.59. The molecule has 1 amide bonds. The SMILES string of the molecule is C=CC(=O)N1CCN(C[C@@H](Oc2ccc(S(=O)(=O)NC(C)(C)C)cc2)c2ccc(C)c(F)c2)C[C@H]1C. The van der Waals surface area contributed by atoms with Crippen molar-refractivity contribution in [3.63, 3.8) is 0 Å². The molecule has 2 atom stereocenters. The Morgan fingerprint density at radius 1 is 1.22 bits per heavy atom. The van der Waals surface area contributed by atoms with Crippen molar-refractivity contribution in [1.29, 1.82) is 0 Å².